The van der Waals surface area contributed by atoms with Crippen LogP contribution in [0, 0.1) is 0 Å². The Labute approximate surface area is 187 Å². The number of pyridine rings is 1. The van der Waals surface area contributed by atoms with Crippen LogP contribution in [-0.4, -0.2) is 61.7 Å². The number of benzene rings is 1. The van der Waals surface area contributed by atoms with Crippen molar-refractivity contribution in [1.82, 2.24) is 4.57 Å². The topological polar surface area (TPSA) is 96.2 Å². The average Bonchev–Trinajstić information content (AvgIpc) is 2.77. The van der Waals surface area contributed by atoms with Crippen LogP contribution >= 0.6 is 11.6 Å². The molecule has 1 aromatic heterocycles. The third-order valence-corrected chi connectivity index (χ3v) is 5.09. The summed E-state index contributed by atoms with van der Waals surface area (Å²) in [5.74, 6) is -1.01. The molecule has 1 N–H and O–H groups in total. The Hall–Kier alpha value is -2.69. The Kier molecular flexibility index (Phi) is 8.05. The number of halogens is 3. The summed E-state index contributed by atoms with van der Waals surface area (Å²) in [6, 6.07) is 4.25. The van der Waals surface area contributed by atoms with E-state index < -0.39 is 36.7 Å². The van der Waals surface area contributed by atoms with Crippen LogP contribution in [-0.2, 0) is 14.3 Å². The second kappa shape index (κ2) is 10.8. The fourth-order valence-corrected chi connectivity index (χ4v) is 3.56. The predicted molar refractivity (Wildman–Crippen MR) is 111 cm³/mol. The molecule has 174 valence electrons. The van der Waals surface area contributed by atoms with Crippen molar-refractivity contribution < 1.29 is 37.6 Å². The normalized spacial score (nSPS) is 17.2. The number of hydrogen-bond donors (Lipinski definition) is 1. The van der Waals surface area contributed by atoms with Crippen molar-refractivity contribution in [2.24, 2.45) is 0 Å². The fraction of sp³-hybridized carbons (Fsp3) is 0.429. The molecule has 0 saturated carbocycles. The van der Waals surface area contributed by atoms with Crippen LogP contribution in [0.2, 0.25) is 5.02 Å². The van der Waals surface area contributed by atoms with Crippen molar-refractivity contribution >= 4 is 17.6 Å². The third kappa shape index (κ3) is 5.76. The van der Waals surface area contributed by atoms with Crippen molar-refractivity contribution in [1.29, 1.82) is 0 Å². The molecule has 0 bridgehead atoms. The molecule has 0 aliphatic carbocycles. The quantitative estimate of drug-likeness (QED) is 0.597. The van der Waals surface area contributed by atoms with E-state index in [4.69, 9.17) is 30.5 Å². The van der Waals surface area contributed by atoms with Crippen LogP contribution in [0.1, 0.15) is 12.5 Å². The van der Waals surface area contributed by atoms with E-state index in [9.17, 15) is 23.5 Å². The lowest BCUT2D eigenvalue weighted by molar-refractivity contribution is -0.145. The van der Waals surface area contributed by atoms with Gasteiger partial charge in [-0.05, 0) is 18.2 Å². The van der Waals surface area contributed by atoms with Gasteiger partial charge >= 0.3 is 5.97 Å². The zero-order chi connectivity index (χ0) is 23.3. The van der Waals surface area contributed by atoms with Crippen molar-refractivity contribution in [3.05, 3.63) is 45.8 Å². The number of aliphatic carboxylic acids is 1. The van der Waals surface area contributed by atoms with E-state index in [1.807, 2.05) is 0 Å². The molecule has 11 heteroatoms. The van der Waals surface area contributed by atoms with E-state index in [2.05, 4.69) is 0 Å². The van der Waals surface area contributed by atoms with Gasteiger partial charge in [-0.1, -0.05) is 11.6 Å². The largest absolute Gasteiger partial charge is 0.495 e. The number of rotatable bonds is 9. The maximum atomic E-state index is 12.9. The van der Waals surface area contributed by atoms with E-state index in [1.165, 1.54) is 31.5 Å². The zero-order valence-electron chi connectivity index (χ0n) is 17.1. The van der Waals surface area contributed by atoms with Crippen LogP contribution in [0.15, 0.2) is 35.3 Å². The van der Waals surface area contributed by atoms with E-state index >= 15 is 0 Å². The zero-order valence-corrected chi connectivity index (χ0v) is 17.9. The molecule has 1 aliphatic rings. The lowest BCUT2D eigenvalue weighted by atomic mass is 10.0. The Bertz CT molecular complexity index is 1010. The molecule has 1 aliphatic heterocycles. The lowest BCUT2D eigenvalue weighted by Crippen LogP contribution is -2.36. The Morgan fingerprint density at radius 3 is 2.66 bits per heavy atom. The molecular weight excluding hydrogens is 452 g/mol. The molecule has 2 atom stereocenters. The molecule has 1 fully saturated rings. The van der Waals surface area contributed by atoms with Gasteiger partial charge in [-0.2, -0.15) is 0 Å². The molecule has 2 aromatic rings. The maximum Gasteiger partial charge on any atom is 0.326 e. The molecule has 1 aromatic carbocycles. The lowest BCUT2D eigenvalue weighted by Gasteiger charge is -2.26. The third-order valence-electron chi connectivity index (χ3n) is 4.85. The molecular formula is C21H22ClF2NO7. The van der Waals surface area contributed by atoms with Crippen LogP contribution in [0.3, 0.4) is 0 Å². The van der Waals surface area contributed by atoms with Gasteiger partial charge < -0.3 is 24.1 Å². The Morgan fingerprint density at radius 1 is 1.28 bits per heavy atom. The van der Waals surface area contributed by atoms with Crippen LogP contribution in [0.25, 0.3) is 11.1 Å². The minimum absolute atomic E-state index is 0.0116. The smallest absolute Gasteiger partial charge is 0.326 e. The average molecular weight is 474 g/mol. The monoisotopic (exact) mass is 473 g/mol. The molecule has 0 spiro atoms. The summed E-state index contributed by atoms with van der Waals surface area (Å²) in [4.78, 5) is 24.8. The number of carboxylic acids is 1. The molecule has 1 saturated heterocycles. The van der Waals surface area contributed by atoms with Gasteiger partial charge in [-0.3, -0.25) is 9.36 Å². The van der Waals surface area contributed by atoms with Gasteiger partial charge in [0.2, 0.25) is 0 Å². The first-order valence-corrected chi connectivity index (χ1v) is 10.1. The summed E-state index contributed by atoms with van der Waals surface area (Å²) in [5.41, 5.74) is -0.151. The fourth-order valence-electron chi connectivity index (χ4n) is 3.39. The van der Waals surface area contributed by atoms with Crippen molar-refractivity contribution in [2.45, 2.75) is 25.0 Å². The molecule has 32 heavy (non-hydrogen) atoms. The number of hydrogen-bond acceptors (Lipinski definition) is 6. The minimum atomic E-state index is -2.70. The maximum absolute atomic E-state index is 12.9. The second-order valence-corrected chi connectivity index (χ2v) is 7.44. The van der Waals surface area contributed by atoms with Gasteiger partial charge in [0.05, 0.1) is 39.2 Å². The van der Waals surface area contributed by atoms with Gasteiger partial charge in [0.25, 0.3) is 12.0 Å². The van der Waals surface area contributed by atoms with Crippen molar-refractivity contribution in [3.8, 4) is 22.6 Å². The number of ether oxygens (including phenoxy) is 4. The molecule has 2 unspecified atom stereocenters. The van der Waals surface area contributed by atoms with E-state index in [0.29, 0.717) is 13.2 Å². The van der Waals surface area contributed by atoms with Gasteiger partial charge in [0.15, 0.2) is 0 Å². The van der Waals surface area contributed by atoms with E-state index in [-0.39, 0.29) is 40.7 Å². The van der Waals surface area contributed by atoms with Crippen LogP contribution < -0.4 is 15.0 Å². The number of aromatic nitrogens is 1. The minimum Gasteiger partial charge on any atom is -0.495 e. The first-order chi connectivity index (χ1) is 15.3. The van der Waals surface area contributed by atoms with Crippen LogP contribution in [0.4, 0.5) is 8.78 Å². The number of methoxy groups -OCH3 is 1. The highest BCUT2D eigenvalue weighted by Gasteiger charge is 2.28. The SMILES string of the molecule is COc1cn(C(CC2COCCO2)C(=O)O)c(=O)cc1-c1cc(Cl)ccc1OCC(F)F. The first-order valence-electron chi connectivity index (χ1n) is 9.73. The van der Waals surface area contributed by atoms with E-state index in [0.717, 1.165) is 10.6 Å². The highest BCUT2D eigenvalue weighted by Crippen LogP contribution is 2.38. The summed E-state index contributed by atoms with van der Waals surface area (Å²) in [5, 5.41) is 10.0. The van der Waals surface area contributed by atoms with E-state index in [1.54, 1.807) is 0 Å². The van der Waals surface area contributed by atoms with Gasteiger partial charge in [-0.25, -0.2) is 13.6 Å². The second-order valence-electron chi connectivity index (χ2n) is 7.00. The highest BCUT2D eigenvalue weighted by molar-refractivity contribution is 6.31. The molecule has 0 radical (unpaired) electrons. The van der Waals surface area contributed by atoms with Gasteiger partial charge in [0.1, 0.15) is 24.1 Å². The van der Waals surface area contributed by atoms with Gasteiger partial charge in [-0.15, -0.1) is 0 Å². The van der Waals surface area contributed by atoms with Crippen molar-refractivity contribution in [3.63, 3.8) is 0 Å². The number of carbonyl (C=O) groups is 1. The number of alkyl halides is 2. The summed E-state index contributed by atoms with van der Waals surface area (Å²) in [7, 11) is 1.34. The first kappa shape index (κ1) is 24.0. The summed E-state index contributed by atoms with van der Waals surface area (Å²) < 4.78 is 47.7. The predicted octanol–water partition coefficient (Wildman–Crippen LogP) is 3.25. The number of carboxylic acid groups (broad SMARTS) is 1. The Morgan fingerprint density at radius 2 is 2.03 bits per heavy atom. The summed E-state index contributed by atoms with van der Waals surface area (Å²) in [6.07, 6.45) is -1.91. The molecule has 8 nitrogen and oxygen atoms in total. The highest BCUT2D eigenvalue weighted by atomic mass is 35.5. The molecule has 3 rings (SSSR count). The van der Waals surface area contributed by atoms with Gasteiger partial charge in [0, 0.05) is 28.6 Å². The number of nitrogens with zero attached hydrogens (tertiary/aromatic N) is 1. The van der Waals surface area contributed by atoms with Crippen molar-refractivity contribution in [2.75, 3.05) is 33.5 Å². The standard InChI is InChI=1S/C21H22ClF2NO7/c1-29-18-9-25(16(21(27)28)7-13-10-30-4-5-31-13)20(26)8-15(18)14-6-12(22)2-3-17(14)32-11-19(23)24/h2-3,6,8-9,13,16,19H,4-5,7,10-11H2,1H3,(H,27,28). The molecule has 2 heterocycles. The summed E-state index contributed by atoms with van der Waals surface area (Å²) in [6.45, 7) is 0.135. The Balaban J connectivity index is 2.02. The molecule has 0 amide bonds. The summed E-state index contributed by atoms with van der Waals surface area (Å²) >= 11 is 6.07. The van der Waals surface area contributed by atoms with Crippen LogP contribution in [0.5, 0.6) is 11.5 Å².